The molecule has 0 saturated carbocycles. The van der Waals surface area contributed by atoms with Gasteiger partial charge in [-0.25, -0.2) is 4.57 Å². The molecule has 0 spiro atoms. The molecule has 0 aliphatic carbocycles. The lowest BCUT2D eigenvalue weighted by molar-refractivity contribution is -0.161. The Balaban J connectivity index is 3.93. The molecule has 0 heterocycles. The van der Waals surface area contributed by atoms with E-state index in [0.717, 1.165) is 64.2 Å². The van der Waals surface area contributed by atoms with Gasteiger partial charge in [0, 0.05) is 12.8 Å². The van der Waals surface area contributed by atoms with Gasteiger partial charge in [0.05, 0.1) is 6.61 Å². The molecular formula is C45H81O8P. The zero-order chi connectivity index (χ0) is 39.6. The summed E-state index contributed by atoms with van der Waals surface area (Å²) in [5.41, 5.74) is 0. The first kappa shape index (κ1) is 52.0. The largest absolute Gasteiger partial charge is 0.469 e. The Morgan fingerprint density at radius 2 is 0.833 bits per heavy atom. The number of hydrogen-bond acceptors (Lipinski definition) is 6. The van der Waals surface area contributed by atoms with Crippen LogP contribution in [-0.2, 0) is 28.2 Å². The fourth-order valence-corrected chi connectivity index (χ4v) is 6.38. The van der Waals surface area contributed by atoms with E-state index in [1.807, 2.05) is 0 Å². The van der Waals surface area contributed by atoms with Crippen LogP contribution in [0.3, 0.4) is 0 Å². The predicted molar refractivity (Wildman–Crippen MR) is 225 cm³/mol. The van der Waals surface area contributed by atoms with Crippen LogP contribution < -0.4 is 0 Å². The van der Waals surface area contributed by atoms with Crippen LogP contribution in [0.4, 0.5) is 0 Å². The molecule has 0 aliphatic heterocycles. The lowest BCUT2D eigenvalue weighted by Gasteiger charge is -2.18. The molecule has 0 rings (SSSR count). The summed E-state index contributed by atoms with van der Waals surface area (Å²) in [6.07, 6.45) is 49.7. The molecule has 0 aromatic carbocycles. The van der Waals surface area contributed by atoms with Crippen LogP contribution in [0.5, 0.6) is 0 Å². The number of unbranched alkanes of at least 4 members (excludes halogenated alkanes) is 22. The van der Waals surface area contributed by atoms with Gasteiger partial charge in [-0.15, -0.1) is 0 Å². The summed E-state index contributed by atoms with van der Waals surface area (Å²) >= 11 is 0. The highest BCUT2D eigenvalue weighted by atomic mass is 31.2. The Morgan fingerprint density at radius 3 is 1.30 bits per heavy atom. The van der Waals surface area contributed by atoms with Gasteiger partial charge in [0.15, 0.2) is 6.10 Å². The molecule has 0 aromatic rings. The van der Waals surface area contributed by atoms with Gasteiger partial charge in [0.25, 0.3) is 0 Å². The summed E-state index contributed by atoms with van der Waals surface area (Å²) in [5.74, 6) is -0.910. The number of esters is 2. The zero-order valence-electron chi connectivity index (χ0n) is 34.6. The van der Waals surface area contributed by atoms with Gasteiger partial charge >= 0.3 is 19.8 Å². The first-order valence-corrected chi connectivity index (χ1v) is 23.5. The van der Waals surface area contributed by atoms with Gasteiger partial charge in [0.1, 0.15) is 6.61 Å². The quantitative estimate of drug-likeness (QED) is 0.0273. The van der Waals surface area contributed by atoms with Crippen LogP contribution in [0.1, 0.15) is 206 Å². The normalized spacial score (nSPS) is 12.9. The van der Waals surface area contributed by atoms with E-state index >= 15 is 0 Å². The molecule has 1 atom stereocenters. The summed E-state index contributed by atoms with van der Waals surface area (Å²) < 4.78 is 26.4. The van der Waals surface area contributed by atoms with Crippen LogP contribution in [0.25, 0.3) is 0 Å². The van der Waals surface area contributed by atoms with E-state index in [2.05, 4.69) is 67.0 Å². The average Bonchev–Trinajstić information content (AvgIpc) is 3.14. The number of ether oxygens (including phenoxy) is 2. The second kappa shape index (κ2) is 40.7. The third-order valence-electron chi connectivity index (χ3n) is 9.32. The number of phosphoric ester groups is 1. The maximum Gasteiger partial charge on any atom is 0.469 e. The topological polar surface area (TPSA) is 119 Å². The van der Waals surface area contributed by atoms with Crippen molar-refractivity contribution in [1.29, 1.82) is 0 Å². The predicted octanol–water partition coefficient (Wildman–Crippen LogP) is 13.5. The smallest absolute Gasteiger partial charge is 0.462 e. The molecule has 0 bridgehead atoms. The Hall–Kier alpha value is -1.99. The molecule has 9 heteroatoms. The Labute approximate surface area is 331 Å². The standard InChI is InChI=1S/C45H81O8P/c1-3-5-7-9-11-13-15-17-19-21-22-24-25-27-29-31-33-35-37-39-44(46)51-41-43(42-52-54(48,49)50)53-45(47)40-38-36-34-32-30-28-26-23-20-18-16-14-12-10-8-6-4-2/h12,14,17-20,26,28,43H,3-11,13,15-16,21-25,27,29-42H2,1-2H3,(H2,48,49,50)/b14-12+,19-17+,20-18+,28-26+/t43-/m1/s1. The number of allylic oxidation sites excluding steroid dienone is 8. The van der Waals surface area contributed by atoms with Gasteiger partial charge in [-0.05, 0) is 77.0 Å². The van der Waals surface area contributed by atoms with Crippen molar-refractivity contribution in [2.45, 2.75) is 213 Å². The Morgan fingerprint density at radius 1 is 0.481 bits per heavy atom. The Kier molecular flexibility index (Phi) is 39.2. The van der Waals surface area contributed by atoms with Crippen molar-refractivity contribution in [3.8, 4) is 0 Å². The molecule has 8 nitrogen and oxygen atoms in total. The lowest BCUT2D eigenvalue weighted by atomic mass is 10.1. The van der Waals surface area contributed by atoms with E-state index < -0.39 is 32.5 Å². The number of phosphoric acid groups is 1. The van der Waals surface area contributed by atoms with Crippen LogP contribution in [0.15, 0.2) is 48.6 Å². The molecule has 54 heavy (non-hydrogen) atoms. The highest BCUT2D eigenvalue weighted by molar-refractivity contribution is 7.46. The van der Waals surface area contributed by atoms with Crippen LogP contribution >= 0.6 is 7.82 Å². The minimum absolute atomic E-state index is 0.185. The third kappa shape index (κ3) is 42.7. The first-order chi connectivity index (χ1) is 26.3. The van der Waals surface area contributed by atoms with Crippen LogP contribution in [-0.4, -0.2) is 41.0 Å². The highest BCUT2D eigenvalue weighted by Gasteiger charge is 2.22. The molecule has 2 N–H and O–H groups in total. The van der Waals surface area contributed by atoms with Crippen molar-refractivity contribution in [3.63, 3.8) is 0 Å². The lowest BCUT2D eigenvalue weighted by Crippen LogP contribution is -2.29. The van der Waals surface area contributed by atoms with Crippen molar-refractivity contribution in [2.24, 2.45) is 0 Å². The van der Waals surface area contributed by atoms with Gasteiger partial charge in [0.2, 0.25) is 0 Å². The van der Waals surface area contributed by atoms with E-state index in [4.69, 9.17) is 19.3 Å². The molecule has 314 valence electrons. The maximum atomic E-state index is 12.4. The molecule has 0 aliphatic rings. The molecule has 0 radical (unpaired) electrons. The average molecular weight is 781 g/mol. The fraction of sp³-hybridized carbons (Fsp3) is 0.778. The summed E-state index contributed by atoms with van der Waals surface area (Å²) in [6.45, 7) is 3.64. The van der Waals surface area contributed by atoms with Crippen molar-refractivity contribution in [3.05, 3.63) is 48.6 Å². The first-order valence-electron chi connectivity index (χ1n) is 21.9. The van der Waals surface area contributed by atoms with Gasteiger partial charge in [-0.1, -0.05) is 165 Å². The van der Waals surface area contributed by atoms with Crippen LogP contribution in [0, 0.1) is 0 Å². The van der Waals surface area contributed by atoms with E-state index in [1.54, 1.807) is 0 Å². The fourth-order valence-electron chi connectivity index (χ4n) is 6.02. The van der Waals surface area contributed by atoms with Crippen molar-refractivity contribution in [1.82, 2.24) is 0 Å². The Bertz CT molecular complexity index is 1020. The minimum Gasteiger partial charge on any atom is -0.462 e. The highest BCUT2D eigenvalue weighted by Crippen LogP contribution is 2.36. The molecule has 0 saturated heterocycles. The van der Waals surface area contributed by atoms with E-state index in [9.17, 15) is 14.2 Å². The van der Waals surface area contributed by atoms with Crippen molar-refractivity contribution >= 4 is 19.8 Å². The summed E-state index contributed by atoms with van der Waals surface area (Å²) in [6, 6.07) is 0. The number of rotatable bonds is 40. The molecular weight excluding hydrogens is 699 g/mol. The number of carbonyl (C=O) groups is 2. The molecule has 0 fully saturated rings. The number of hydrogen-bond donors (Lipinski definition) is 2. The minimum atomic E-state index is -4.76. The second-order valence-corrected chi connectivity index (χ2v) is 15.9. The van der Waals surface area contributed by atoms with E-state index in [1.165, 1.54) is 109 Å². The summed E-state index contributed by atoms with van der Waals surface area (Å²) in [4.78, 5) is 42.9. The summed E-state index contributed by atoms with van der Waals surface area (Å²) in [7, 11) is -4.76. The monoisotopic (exact) mass is 781 g/mol. The maximum absolute atomic E-state index is 12.4. The van der Waals surface area contributed by atoms with Gasteiger partial charge < -0.3 is 19.3 Å². The van der Waals surface area contributed by atoms with Gasteiger partial charge in [-0.3, -0.25) is 14.1 Å². The summed E-state index contributed by atoms with van der Waals surface area (Å²) in [5, 5.41) is 0. The zero-order valence-corrected chi connectivity index (χ0v) is 35.5. The molecule has 0 unspecified atom stereocenters. The second-order valence-electron chi connectivity index (χ2n) is 14.7. The SMILES string of the molecule is CCCCC/C=C/C/C=C/C/C=C/CCCCCCC(=O)O[C@H](COC(=O)CCCCCCCCCCC/C=C/CCCCCCCC)COP(=O)(O)O. The van der Waals surface area contributed by atoms with E-state index in [-0.39, 0.29) is 19.4 Å². The van der Waals surface area contributed by atoms with Crippen LogP contribution in [0.2, 0.25) is 0 Å². The molecule has 0 amide bonds. The van der Waals surface area contributed by atoms with E-state index in [0.29, 0.717) is 6.42 Å². The molecule has 0 aromatic heterocycles. The van der Waals surface area contributed by atoms with Gasteiger partial charge in [-0.2, -0.15) is 0 Å². The van der Waals surface area contributed by atoms with Crippen molar-refractivity contribution < 1.29 is 37.9 Å². The van der Waals surface area contributed by atoms with Crippen molar-refractivity contribution in [2.75, 3.05) is 13.2 Å². The number of carbonyl (C=O) groups excluding carboxylic acids is 2. The third-order valence-corrected chi connectivity index (χ3v) is 9.81.